The van der Waals surface area contributed by atoms with Crippen LogP contribution in [-0.4, -0.2) is 36.2 Å². The van der Waals surface area contributed by atoms with E-state index in [1.807, 2.05) is 30.3 Å². The zero-order valence-electron chi connectivity index (χ0n) is 13.8. The van der Waals surface area contributed by atoms with E-state index in [1.165, 1.54) is 6.07 Å². The average Bonchev–Trinajstić information content (AvgIpc) is 2.64. The summed E-state index contributed by atoms with van der Waals surface area (Å²) in [5.74, 6) is 0.296. The van der Waals surface area contributed by atoms with Crippen LogP contribution in [0, 0.1) is 11.7 Å². The molecule has 0 saturated carbocycles. The van der Waals surface area contributed by atoms with Crippen molar-refractivity contribution in [3.05, 3.63) is 66.0 Å². The number of para-hydroxylation sites is 1. The van der Waals surface area contributed by atoms with Gasteiger partial charge in [0.05, 0.1) is 6.10 Å². The van der Waals surface area contributed by atoms with Crippen molar-refractivity contribution in [1.29, 1.82) is 0 Å². The van der Waals surface area contributed by atoms with Gasteiger partial charge >= 0.3 is 0 Å². The summed E-state index contributed by atoms with van der Waals surface area (Å²) < 4.78 is 19.0. The first-order valence-corrected chi connectivity index (χ1v) is 8.57. The number of hydrogen-bond donors (Lipinski definition) is 1. The Bertz CT molecular complexity index is 627. The van der Waals surface area contributed by atoms with Gasteiger partial charge in [-0.2, -0.15) is 0 Å². The molecule has 3 nitrogen and oxygen atoms in total. The van der Waals surface area contributed by atoms with Crippen molar-refractivity contribution < 1.29 is 14.2 Å². The minimum atomic E-state index is -0.386. The van der Waals surface area contributed by atoms with Gasteiger partial charge in [0.15, 0.2) is 11.6 Å². The number of benzene rings is 2. The van der Waals surface area contributed by atoms with Crippen molar-refractivity contribution in [2.45, 2.75) is 18.9 Å². The quantitative estimate of drug-likeness (QED) is 0.878. The number of ether oxygens (including phenoxy) is 1. The highest BCUT2D eigenvalue weighted by molar-refractivity contribution is 5.23. The number of piperidine rings is 1. The normalized spacial score (nSPS) is 17.6. The molecule has 1 unspecified atom stereocenters. The molecular formula is C20H24FNO2. The number of aliphatic hydroxyl groups is 1. The number of nitrogens with zero attached hydrogens (tertiary/aromatic N) is 1. The molecule has 24 heavy (non-hydrogen) atoms. The highest BCUT2D eigenvalue weighted by Crippen LogP contribution is 2.30. The Hall–Kier alpha value is -1.91. The van der Waals surface area contributed by atoms with Gasteiger partial charge in [0.1, 0.15) is 6.61 Å². The van der Waals surface area contributed by atoms with Crippen molar-refractivity contribution in [3.8, 4) is 5.75 Å². The molecule has 1 atom stereocenters. The van der Waals surface area contributed by atoms with Crippen LogP contribution in [0.5, 0.6) is 5.75 Å². The predicted octanol–water partition coefficient (Wildman–Crippen LogP) is 3.65. The molecule has 0 radical (unpaired) electrons. The highest BCUT2D eigenvalue weighted by Gasteiger charge is 2.26. The lowest BCUT2D eigenvalue weighted by Gasteiger charge is -2.34. The molecule has 1 saturated heterocycles. The number of halogens is 1. The van der Waals surface area contributed by atoms with E-state index >= 15 is 0 Å². The maximum absolute atomic E-state index is 13.5. The zero-order chi connectivity index (χ0) is 16.8. The third-order valence-corrected chi connectivity index (χ3v) is 4.72. The Morgan fingerprint density at radius 1 is 1.04 bits per heavy atom. The van der Waals surface area contributed by atoms with Gasteiger partial charge < -0.3 is 9.84 Å². The van der Waals surface area contributed by atoms with Crippen molar-refractivity contribution in [2.24, 2.45) is 5.92 Å². The molecule has 2 aromatic rings. The molecule has 0 bridgehead atoms. The van der Waals surface area contributed by atoms with Gasteiger partial charge in [0.2, 0.25) is 0 Å². The molecule has 2 aromatic carbocycles. The topological polar surface area (TPSA) is 32.7 Å². The molecular weight excluding hydrogens is 305 g/mol. The lowest BCUT2D eigenvalue weighted by atomic mass is 9.87. The number of aliphatic hydroxyl groups excluding tert-OH is 1. The monoisotopic (exact) mass is 329 g/mol. The Balaban J connectivity index is 1.42. The Morgan fingerprint density at radius 2 is 1.71 bits per heavy atom. The number of likely N-dealkylation sites (tertiary alicyclic amines) is 1. The van der Waals surface area contributed by atoms with Crippen molar-refractivity contribution in [2.75, 3.05) is 26.2 Å². The van der Waals surface area contributed by atoms with Crippen LogP contribution in [0.1, 0.15) is 24.5 Å². The Kier molecular flexibility index (Phi) is 5.83. The summed E-state index contributed by atoms with van der Waals surface area (Å²) in [5, 5.41) is 10.5. The Labute approximate surface area is 142 Å². The SMILES string of the molecule is OC(c1ccccc1)C1CCN(CCOc2ccccc2F)CC1. The minimum Gasteiger partial charge on any atom is -0.489 e. The van der Waals surface area contributed by atoms with Crippen LogP contribution in [0.2, 0.25) is 0 Å². The third-order valence-electron chi connectivity index (χ3n) is 4.72. The molecule has 0 aromatic heterocycles. The summed E-state index contributed by atoms with van der Waals surface area (Å²) in [6, 6.07) is 16.4. The van der Waals surface area contributed by atoms with Gasteiger partial charge in [-0.15, -0.1) is 0 Å². The lowest BCUT2D eigenvalue weighted by Crippen LogP contribution is -2.38. The molecule has 0 amide bonds. The molecule has 1 aliphatic rings. The van der Waals surface area contributed by atoms with Crippen molar-refractivity contribution >= 4 is 0 Å². The van der Waals surface area contributed by atoms with Crippen molar-refractivity contribution in [1.82, 2.24) is 4.90 Å². The van der Waals surface area contributed by atoms with E-state index in [1.54, 1.807) is 18.2 Å². The smallest absolute Gasteiger partial charge is 0.165 e. The van der Waals surface area contributed by atoms with Gasteiger partial charge in [0, 0.05) is 6.54 Å². The fourth-order valence-electron chi connectivity index (χ4n) is 3.26. The maximum atomic E-state index is 13.5. The number of rotatable bonds is 6. The van der Waals surface area contributed by atoms with E-state index in [2.05, 4.69) is 4.90 Å². The largest absolute Gasteiger partial charge is 0.489 e. The van der Waals surface area contributed by atoms with Crippen LogP contribution in [0.15, 0.2) is 54.6 Å². The average molecular weight is 329 g/mol. The summed E-state index contributed by atoms with van der Waals surface area (Å²) >= 11 is 0. The first-order chi connectivity index (χ1) is 11.7. The first-order valence-electron chi connectivity index (χ1n) is 8.57. The summed E-state index contributed by atoms with van der Waals surface area (Å²) in [7, 11) is 0. The van der Waals surface area contributed by atoms with E-state index < -0.39 is 0 Å². The summed E-state index contributed by atoms with van der Waals surface area (Å²) in [6.45, 7) is 3.14. The van der Waals surface area contributed by atoms with Crippen LogP contribution in [0.3, 0.4) is 0 Å². The molecule has 128 valence electrons. The molecule has 1 N–H and O–H groups in total. The Morgan fingerprint density at radius 3 is 2.42 bits per heavy atom. The van der Waals surface area contributed by atoms with E-state index in [9.17, 15) is 9.50 Å². The second-order valence-corrected chi connectivity index (χ2v) is 6.31. The molecule has 0 spiro atoms. The maximum Gasteiger partial charge on any atom is 0.165 e. The van der Waals surface area contributed by atoms with Gasteiger partial charge in [-0.3, -0.25) is 4.90 Å². The second kappa shape index (κ2) is 8.27. The second-order valence-electron chi connectivity index (χ2n) is 6.31. The van der Waals surface area contributed by atoms with Crippen LogP contribution in [-0.2, 0) is 0 Å². The van der Waals surface area contributed by atoms with Gasteiger partial charge in [-0.1, -0.05) is 42.5 Å². The number of hydrogen-bond acceptors (Lipinski definition) is 3. The first kappa shape index (κ1) is 16.9. The van der Waals surface area contributed by atoms with Gasteiger partial charge in [0.25, 0.3) is 0 Å². The summed E-state index contributed by atoms with van der Waals surface area (Å²) in [4.78, 5) is 2.31. The molecule has 1 aliphatic heterocycles. The molecule has 1 heterocycles. The molecule has 3 rings (SSSR count). The van der Waals surface area contributed by atoms with Gasteiger partial charge in [-0.25, -0.2) is 4.39 Å². The van der Waals surface area contributed by atoms with Crippen LogP contribution in [0.4, 0.5) is 4.39 Å². The van der Waals surface area contributed by atoms with E-state index in [0.29, 0.717) is 18.3 Å². The molecule has 0 aliphatic carbocycles. The molecule has 1 fully saturated rings. The van der Waals surface area contributed by atoms with Crippen LogP contribution in [0.25, 0.3) is 0 Å². The van der Waals surface area contributed by atoms with E-state index in [4.69, 9.17) is 4.74 Å². The fourth-order valence-corrected chi connectivity index (χ4v) is 3.26. The lowest BCUT2D eigenvalue weighted by molar-refractivity contribution is 0.0549. The third kappa shape index (κ3) is 4.34. The van der Waals surface area contributed by atoms with Crippen LogP contribution < -0.4 is 4.74 Å². The summed E-state index contributed by atoms with van der Waals surface area (Å²) in [5.41, 5.74) is 0.999. The minimum absolute atomic E-state index is 0.302. The highest BCUT2D eigenvalue weighted by atomic mass is 19.1. The van der Waals surface area contributed by atoms with Crippen molar-refractivity contribution in [3.63, 3.8) is 0 Å². The molecule has 4 heteroatoms. The predicted molar refractivity (Wildman–Crippen MR) is 92.5 cm³/mol. The van der Waals surface area contributed by atoms with Crippen LogP contribution >= 0.6 is 0 Å². The standard InChI is InChI=1S/C20H24FNO2/c21-18-8-4-5-9-19(18)24-15-14-22-12-10-17(11-13-22)20(23)16-6-2-1-3-7-16/h1-9,17,20,23H,10-15H2. The zero-order valence-corrected chi connectivity index (χ0v) is 13.8. The summed E-state index contributed by atoms with van der Waals surface area (Å²) in [6.07, 6.45) is 1.55. The fraction of sp³-hybridized carbons (Fsp3) is 0.400. The van der Waals surface area contributed by atoms with E-state index in [-0.39, 0.29) is 11.9 Å². The van der Waals surface area contributed by atoms with Gasteiger partial charge in [-0.05, 0) is 49.5 Å². The van der Waals surface area contributed by atoms with E-state index in [0.717, 1.165) is 38.0 Å².